The average molecular weight is 479 g/mol. The SMILES string of the molecule is CCCCCCCCCCCCCCCCC[CH2][Sn]([Cl])([Cl])[Cl]. The summed E-state index contributed by atoms with van der Waals surface area (Å²) < 4.78 is 0.901. The molecule has 0 bridgehead atoms. The van der Waals surface area contributed by atoms with E-state index in [2.05, 4.69) is 6.92 Å². The Morgan fingerprint density at radius 1 is 0.455 bits per heavy atom. The second-order valence-corrected chi connectivity index (χ2v) is 28.5. The van der Waals surface area contributed by atoms with E-state index in [-0.39, 0.29) is 0 Å². The molecular weight excluding hydrogens is 441 g/mol. The van der Waals surface area contributed by atoms with E-state index in [1.54, 1.807) is 0 Å². The number of unbranched alkanes of at least 4 members (excludes halogenated alkanes) is 15. The molecule has 0 aromatic heterocycles. The van der Waals surface area contributed by atoms with Crippen molar-refractivity contribution in [1.29, 1.82) is 0 Å². The Morgan fingerprint density at radius 3 is 1.00 bits per heavy atom. The Bertz CT molecular complexity index is 217. The van der Waals surface area contributed by atoms with Crippen LogP contribution in [0.5, 0.6) is 0 Å². The summed E-state index contributed by atoms with van der Waals surface area (Å²) >= 11 is -3.01. The van der Waals surface area contributed by atoms with E-state index in [1.165, 1.54) is 96.3 Å². The van der Waals surface area contributed by atoms with Crippen LogP contribution in [0.3, 0.4) is 0 Å². The summed E-state index contributed by atoms with van der Waals surface area (Å²) in [5, 5.41) is 0. The summed E-state index contributed by atoms with van der Waals surface area (Å²) in [6.07, 6.45) is 22.3. The first kappa shape index (κ1) is 23.7. The molecule has 4 heteroatoms. The van der Waals surface area contributed by atoms with Gasteiger partial charge in [-0.05, 0) is 0 Å². The molecule has 0 aliphatic heterocycles. The van der Waals surface area contributed by atoms with E-state index >= 15 is 0 Å². The van der Waals surface area contributed by atoms with Crippen LogP contribution in [0.2, 0.25) is 4.44 Å². The molecule has 0 fully saturated rings. The molecule has 0 saturated heterocycles. The summed E-state index contributed by atoms with van der Waals surface area (Å²) in [7, 11) is 17.8. The molecule has 0 saturated carbocycles. The zero-order valence-corrected chi connectivity index (χ0v) is 19.8. The third kappa shape index (κ3) is 21.7. The third-order valence-electron chi connectivity index (χ3n) is 4.31. The molecular formula is C18H37Cl3Sn. The van der Waals surface area contributed by atoms with Crippen molar-refractivity contribution in [3.05, 3.63) is 0 Å². The molecule has 0 atom stereocenters. The average Bonchev–Trinajstić information content (AvgIpc) is 2.45. The summed E-state index contributed by atoms with van der Waals surface area (Å²) in [5.41, 5.74) is 0. The van der Waals surface area contributed by atoms with Crippen LogP contribution in [0.15, 0.2) is 0 Å². The Balaban J connectivity index is 3.00. The van der Waals surface area contributed by atoms with Crippen molar-refractivity contribution in [3.63, 3.8) is 0 Å². The Kier molecular flexibility index (Phi) is 18.8. The fourth-order valence-corrected chi connectivity index (χ4v) is 7.42. The van der Waals surface area contributed by atoms with Gasteiger partial charge in [0.05, 0.1) is 0 Å². The Hall–Kier alpha value is 1.67. The molecule has 0 aliphatic rings. The van der Waals surface area contributed by atoms with E-state index in [9.17, 15) is 0 Å². The molecule has 0 nitrogen and oxygen atoms in total. The number of rotatable bonds is 17. The van der Waals surface area contributed by atoms with Gasteiger partial charge in [0, 0.05) is 0 Å². The molecule has 0 aliphatic carbocycles. The normalized spacial score (nSPS) is 12.0. The first-order valence-corrected chi connectivity index (χ1v) is 22.5. The molecule has 0 spiro atoms. The van der Waals surface area contributed by atoms with Gasteiger partial charge in [-0.15, -0.1) is 0 Å². The molecule has 0 heterocycles. The summed E-state index contributed by atoms with van der Waals surface area (Å²) in [6.45, 7) is 2.28. The minimum atomic E-state index is -3.01. The van der Waals surface area contributed by atoms with Gasteiger partial charge < -0.3 is 0 Å². The van der Waals surface area contributed by atoms with Gasteiger partial charge in [-0.25, -0.2) is 0 Å². The zero-order valence-electron chi connectivity index (χ0n) is 14.7. The predicted octanol–water partition coefficient (Wildman–Crippen LogP) is 8.90. The van der Waals surface area contributed by atoms with Crippen molar-refractivity contribution in [2.75, 3.05) is 0 Å². The van der Waals surface area contributed by atoms with Crippen LogP contribution < -0.4 is 0 Å². The maximum absolute atomic E-state index is 5.94. The van der Waals surface area contributed by atoms with Crippen LogP contribution in [0.4, 0.5) is 0 Å². The molecule has 0 amide bonds. The minimum absolute atomic E-state index is 0.901. The topological polar surface area (TPSA) is 0 Å². The van der Waals surface area contributed by atoms with Gasteiger partial charge in [0.25, 0.3) is 0 Å². The molecule has 0 N–H and O–H groups in total. The molecule has 0 unspecified atom stereocenters. The van der Waals surface area contributed by atoms with Crippen molar-refractivity contribution in [3.8, 4) is 0 Å². The van der Waals surface area contributed by atoms with Gasteiger partial charge in [-0.3, -0.25) is 0 Å². The van der Waals surface area contributed by atoms with Gasteiger partial charge >= 0.3 is 117 Å². The maximum atomic E-state index is 5.94. The number of hydrogen-bond donors (Lipinski definition) is 0. The first-order chi connectivity index (χ1) is 10.6. The van der Waals surface area contributed by atoms with Crippen molar-refractivity contribution < 1.29 is 0 Å². The first-order valence-electron chi connectivity index (χ1n) is 9.63. The van der Waals surface area contributed by atoms with Crippen LogP contribution in [0, 0.1) is 0 Å². The van der Waals surface area contributed by atoms with E-state index in [1.807, 2.05) is 0 Å². The van der Waals surface area contributed by atoms with Crippen LogP contribution in [0.25, 0.3) is 0 Å². The standard InChI is InChI=1S/C18H37.3ClH.Sn/c1-3-5-7-9-11-13-15-17-18-16-14-12-10-8-6-4-2;;;;/h1,3-18H2,2H3;3*1H;/q;;;;+3/p-3. The van der Waals surface area contributed by atoms with E-state index in [0.717, 1.165) is 10.9 Å². The van der Waals surface area contributed by atoms with Crippen molar-refractivity contribution >= 4 is 41.8 Å². The van der Waals surface area contributed by atoms with Gasteiger partial charge in [0.15, 0.2) is 0 Å². The summed E-state index contributed by atoms with van der Waals surface area (Å²) in [4.78, 5) is 0. The molecule has 0 aromatic rings. The summed E-state index contributed by atoms with van der Waals surface area (Å²) in [5.74, 6) is 0. The number of hydrogen-bond acceptors (Lipinski definition) is 0. The fourth-order valence-electron chi connectivity index (χ4n) is 2.87. The van der Waals surface area contributed by atoms with Crippen LogP contribution >= 0.6 is 26.8 Å². The second-order valence-electron chi connectivity index (χ2n) is 6.67. The van der Waals surface area contributed by atoms with Crippen LogP contribution in [0.1, 0.15) is 110 Å². The molecule has 22 heavy (non-hydrogen) atoms. The van der Waals surface area contributed by atoms with Gasteiger partial charge in [-0.2, -0.15) is 0 Å². The fraction of sp³-hybridized carbons (Fsp3) is 1.00. The molecule has 0 aromatic carbocycles. The quantitative estimate of drug-likeness (QED) is 0.145. The molecule has 0 radical (unpaired) electrons. The van der Waals surface area contributed by atoms with E-state index < -0.39 is 15.0 Å². The molecule has 0 rings (SSSR count). The predicted molar refractivity (Wildman–Crippen MR) is 108 cm³/mol. The third-order valence-corrected chi connectivity index (χ3v) is 10.7. The van der Waals surface area contributed by atoms with Crippen molar-refractivity contribution in [2.24, 2.45) is 0 Å². The van der Waals surface area contributed by atoms with Gasteiger partial charge in [0.1, 0.15) is 0 Å². The number of halogens is 3. The van der Waals surface area contributed by atoms with Gasteiger partial charge in [0.2, 0.25) is 0 Å². The second kappa shape index (κ2) is 17.5. The van der Waals surface area contributed by atoms with E-state index in [4.69, 9.17) is 26.8 Å². The van der Waals surface area contributed by atoms with Crippen molar-refractivity contribution in [1.82, 2.24) is 0 Å². The Labute approximate surface area is 155 Å². The van der Waals surface area contributed by atoms with Gasteiger partial charge in [-0.1, -0.05) is 39.0 Å². The van der Waals surface area contributed by atoms with E-state index in [0.29, 0.717) is 0 Å². The van der Waals surface area contributed by atoms with Crippen molar-refractivity contribution in [2.45, 2.75) is 114 Å². The summed E-state index contributed by atoms with van der Waals surface area (Å²) in [6, 6.07) is 0. The Morgan fingerprint density at radius 2 is 0.727 bits per heavy atom. The van der Waals surface area contributed by atoms with Crippen LogP contribution in [-0.2, 0) is 0 Å². The van der Waals surface area contributed by atoms with Crippen LogP contribution in [-0.4, -0.2) is 15.0 Å². The molecule has 134 valence electrons. The monoisotopic (exact) mass is 478 g/mol. The zero-order chi connectivity index (χ0) is 16.5.